The number of hydrogen-bond donors (Lipinski definition) is 3. The van der Waals surface area contributed by atoms with Crippen LogP contribution in [0.5, 0.6) is 0 Å². The van der Waals surface area contributed by atoms with Gasteiger partial charge in [-0.25, -0.2) is 4.68 Å². The monoisotopic (exact) mass is 210 g/mol. The van der Waals surface area contributed by atoms with Crippen molar-refractivity contribution in [1.29, 1.82) is 0 Å². The Bertz CT molecular complexity index is 314. The molecular formula is C9H18N6. The van der Waals surface area contributed by atoms with Gasteiger partial charge in [0.25, 0.3) is 0 Å². The average Bonchev–Trinajstić information content (AvgIpc) is 2.59. The van der Waals surface area contributed by atoms with Gasteiger partial charge in [-0.3, -0.25) is 0 Å². The molecular weight excluding hydrogens is 192 g/mol. The highest BCUT2D eigenvalue weighted by Gasteiger charge is 2.14. The van der Waals surface area contributed by atoms with Crippen LogP contribution in [-0.4, -0.2) is 28.0 Å². The fraction of sp³-hybridized carbons (Fsp3) is 0.778. The minimum atomic E-state index is 0.284. The molecule has 1 unspecified atom stereocenters. The highest BCUT2D eigenvalue weighted by Crippen LogP contribution is 2.16. The second-order valence-electron chi connectivity index (χ2n) is 4.10. The maximum absolute atomic E-state index is 5.67. The summed E-state index contributed by atoms with van der Waals surface area (Å²) in [5.74, 6) is 7.46. The van der Waals surface area contributed by atoms with Gasteiger partial charge in [0.05, 0.1) is 0 Å². The van der Waals surface area contributed by atoms with Crippen LogP contribution in [0.3, 0.4) is 0 Å². The van der Waals surface area contributed by atoms with Gasteiger partial charge >= 0.3 is 0 Å². The van der Waals surface area contributed by atoms with E-state index in [-0.39, 0.29) is 5.95 Å². The molecule has 1 atom stereocenters. The quantitative estimate of drug-likeness (QED) is 0.585. The molecule has 0 radical (unpaired) electrons. The average molecular weight is 210 g/mol. The van der Waals surface area contributed by atoms with E-state index in [1.807, 2.05) is 0 Å². The molecule has 1 aliphatic heterocycles. The Balaban J connectivity index is 1.84. The first-order chi connectivity index (χ1) is 7.27. The number of piperidine rings is 1. The van der Waals surface area contributed by atoms with Gasteiger partial charge in [-0.1, -0.05) is 0 Å². The lowest BCUT2D eigenvalue weighted by Crippen LogP contribution is -2.30. The molecule has 1 aliphatic rings. The summed E-state index contributed by atoms with van der Waals surface area (Å²) >= 11 is 0. The summed E-state index contributed by atoms with van der Waals surface area (Å²) in [6, 6.07) is 0. The molecule has 84 valence electrons. The zero-order chi connectivity index (χ0) is 10.7. The summed E-state index contributed by atoms with van der Waals surface area (Å²) in [4.78, 5) is 0. The number of nitrogen functional groups attached to an aromatic ring is 2. The zero-order valence-electron chi connectivity index (χ0n) is 8.82. The second-order valence-corrected chi connectivity index (χ2v) is 4.10. The topological polar surface area (TPSA) is 94.8 Å². The first kappa shape index (κ1) is 10.2. The van der Waals surface area contributed by atoms with Gasteiger partial charge in [-0.15, -0.1) is 10.2 Å². The van der Waals surface area contributed by atoms with E-state index in [9.17, 15) is 0 Å². The Kier molecular flexibility index (Phi) is 3.05. The molecule has 15 heavy (non-hydrogen) atoms. The predicted molar refractivity (Wildman–Crippen MR) is 58.5 cm³/mol. The molecule has 2 heterocycles. The molecule has 0 saturated carbocycles. The molecule has 6 heteroatoms. The van der Waals surface area contributed by atoms with E-state index in [4.69, 9.17) is 11.6 Å². The Morgan fingerprint density at radius 2 is 2.33 bits per heavy atom. The molecule has 5 N–H and O–H groups in total. The lowest BCUT2D eigenvalue weighted by Gasteiger charge is -2.22. The second kappa shape index (κ2) is 4.48. The molecule has 1 saturated heterocycles. The number of anilines is 1. The summed E-state index contributed by atoms with van der Waals surface area (Å²) in [7, 11) is 0. The maximum atomic E-state index is 5.67. The SMILES string of the molecule is Nc1nnc(CCC2CCCNC2)n1N. The summed E-state index contributed by atoms with van der Waals surface area (Å²) in [5, 5.41) is 11.1. The van der Waals surface area contributed by atoms with Crippen molar-refractivity contribution in [3.63, 3.8) is 0 Å². The zero-order valence-corrected chi connectivity index (χ0v) is 8.82. The summed E-state index contributed by atoms with van der Waals surface area (Å²) in [6.45, 7) is 2.25. The molecule has 0 bridgehead atoms. The van der Waals surface area contributed by atoms with Gasteiger partial charge in [-0.05, 0) is 38.3 Å². The number of aromatic nitrogens is 3. The predicted octanol–water partition coefficient (Wildman–Crippen LogP) is -0.494. The molecule has 0 aliphatic carbocycles. The minimum Gasteiger partial charge on any atom is -0.366 e. The van der Waals surface area contributed by atoms with Crippen LogP contribution in [-0.2, 0) is 6.42 Å². The fourth-order valence-electron chi connectivity index (χ4n) is 2.01. The first-order valence-electron chi connectivity index (χ1n) is 5.43. The van der Waals surface area contributed by atoms with Crippen LogP contribution < -0.4 is 16.9 Å². The van der Waals surface area contributed by atoms with E-state index in [1.165, 1.54) is 17.5 Å². The number of nitrogens with two attached hydrogens (primary N) is 2. The van der Waals surface area contributed by atoms with Crippen LogP contribution in [0.2, 0.25) is 0 Å². The van der Waals surface area contributed by atoms with Crippen molar-refractivity contribution in [2.45, 2.75) is 25.7 Å². The minimum absolute atomic E-state index is 0.284. The molecule has 2 rings (SSSR count). The van der Waals surface area contributed by atoms with Gasteiger partial charge in [0, 0.05) is 6.42 Å². The summed E-state index contributed by atoms with van der Waals surface area (Å²) in [6.07, 6.45) is 4.51. The number of hydrogen-bond acceptors (Lipinski definition) is 5. The van der Waals surface area contributed by atoms with E-state index < -0.39 is 0 Å². The van der Waals surface area contributed by atoms with Crippen molar-refractivity contribution >= 4 is 5.95 Å². The maximum Gasteiger partial charge on any atom is 0.240 e. The Hall–Kier alpha value is -1.30. The van der Waals surface area contributed by atoms with Crippen LogP contribution in [0.1, 0.15) is 25.1 Å². The molecule has 0 amide bonds. The Labute approximate surface area is 89.0 Å². The fourth-order valence-corrected chi connectivity index (χ4v) is 2.01. The van der Waals surface area contributed by atoms with Crippen LogP contribution in [0, 0.1) is 5.92 Å². The highest BCUT2D eigenvalue weighted by atomic mass is 15.4. The third-order valence-electron chi connectivity index (χ3n) is 2.97. The molecule has 1 aromatic rings. The number of nitrogens with zero attached hydrogens (tertiary/aromatic N) is 3. The van der Waals surface area contributed by atoms with Crippen molar-refractivity contribution in [2.24, 2.45) is 5.92 Å². The van der Waals surface area contributed by atoms with E-state index in [2.05, 4.69) is 15.5 Å². The van der Waals surface area contributed by atoms with E-state index in [0.29, 0.717) is 0 Å². The Morgan fingerprint density at radius 1 is 1.47 bits per heavy atom. The number of nitrogens with one attached hydrogen (secondary N) is 1. The highest BCUT2D eigenvalue weighted by molar-refractivity contribution is 5.17. The van der Waals surface area contributed by atoms with E-state index >= 15 is 0 Å². The lowest BCUT2D eigenvalue weighted by atomic mass is 9.95. The standard InChI is InChI=1S/C9H18N6/c10-9-14-13-8(15(9)11)4-3-7-2-1-5-12-6-7/h7,12H,1-6,11H2,(H2,10,14). The lowest BCUT2D eigenvalue weighted by molar-refractivity contribution is 0.355. The summed E-state index contributed by atoms with van der Waals surface area (Å²) < 4.78 is 1.37. The summed E-state index contributed by atoms with van der Waals surface area (Å²) in [5.41, 5.74) is 5.50. The largest absolute Gasteiger partial charge is 0.366 e. The molecule has 0 spiro atoms. The van der Waals surface area contributed by atoms with Crippen molar-refractivity contribution in [2.75, 3.05) is 24.7 Å². The van der Waals surface area contributed by atoms with Crippen molar-refractivity contribution in [1.82, 2.24) is 20.2 Å². The van der Waals surface area contributed by atoms with Gasteiger partial charge < -0.3 is 16.9 Å². The van der Waals surface area contributed by atoms with Gasteiger partial charge in [-0.2, -0.15) is 0 Å². The van der Waals surface area contributed by atoms with Crippen LogP contribution >= 0.6 is 0 Å². The van der Waals surface area contributed by atoms with Crippen LogP contribution in [0.25, 0.3) is 0 Å². The van der Waals surface area contributed by atoms with Gasteiger partial charge in [0.1, 0.15) is 0 Å². The number of rotatable bonds is 3. The van der Waals surface area contributed by atoms with Gasteiger partial charge in [0.2, 0.25) is 5.95 Å². The molecule has 1 fully saturated rings. The van der Waals surface area contributed by atoms with Gasteiger partial charge in [0.15, 0.2) is 5.82 Å². The van der Waals surface area contributed by atoms with Crippen molar-refractivity contribution < 1.29 is 0 Å². The van der Waals surface area contributed by atoms with Crippen molar-refractivity contribution in [3.05, 3.63) is 5.82 Å². The molecule has 1 aromatic heterocycles. The van der Waals surface area contributed by atoms with Crippen molar-refractivity contribution in [3.8, 4) is 0 Å². The normalized spacial score (nSPS) is 21.7. The van der Waals surface area contributed by atoms with E-state index in [1.54, 1.807) is 0 Å². The third-order valence-corrected chi connectivity index (χ3v) is 2.97. The van der Waals surface area contributed by atoms with E-state index in [0.717, 1.165) is 37.7 Å². The first-order valence-corrected chi connectivity index (χ1v) is 5.43. The smallest absolute Gasteiger partial charge is 0.240 e. The number of aryl methyl sites for hydroxylation is 1. The Morgan fingerprint density at radius 3 is 2.93 bits per heavy atom. The molecule has 0 aromatic carbocycles. The molecule has 6 nitrogen and oxygen atoms in total. The third kappa shape index (κ3) is 2.38. The van der Waals surface area contributed by atoms with Crippen LogP contribution in [0.15, 0.2) is 0 Å². The van der Waals surface area contributed by atoms with Crippen LogP contribution in [0.4, 0.5) is 5.95 Å².